The lowest BCUT2D eigenvalue weighted by Crippen LogP contribution is -2.09. The molecule has 0 amide bonds. The van der Waals surface area contributed by atoms with Crippen molar-refractivity contribution in [1.82, 2.24) is 4.57 Å². The summed E-state index contributed by atoms with van der Waals surface area (Å²) in [6.45, 7) is 0. The molecule has 8 aromatic carbocycles. The van der Waals surface area contributed by atoms with E-state index in [1.54, 1.807) is 0 Å². The molecule has 0 aliphatic rings. The van der Waals surface area contributed by atoms with E-state index in [0.29, 0.717) is 0 Å². The van der Waals surface area contributed by atoms with E-state index in [9.17, 15) is 0 Å². The van der Waals surface area contributed by atoms with Gasteiger partial charge >= 0.3 is 0 Å². The fraction of sp³-hybridized carbons (Fsp3) is 0. The van der Waals surface area contributed by atoms with Crippen molar-refractivity contribution in [3.63, 3.8) is 0 Å². The molecule has 5 heteroatoms. The molecule has 0 fully saturated rings. The van der Waals surface area contributed by atoms with Gasteiger partial charge in [0, 0.05) is 78.4 Å². The number of hydrogen-bond acceptors (Lipinski definition) is 4. The molecule has 12 aromatic rings. The number of nitrogens with zero attached hydrogens (tertiary/aromatic N) is 2. The molecule has 0 unspecified atom stereocenters. The van der Waals surface area contributed by atoms with Crippen molar-refractivity contribution in [1.29, 1.82) is 0 Å². The van der Waals surface area contributed by atoms with Gasteiger partial charge in [-0.05, 0) is 66.7 Å². The first-order valence-corrected chi connectivity index (χ1v) is 17.8. The van der Waals surface area contributed by atoms with Crippen LogP contribution in [0.3, 0.4) is 0 Å². The SMILES string of the molecule is c1ccc2c(c1)oc1cc(N(c3ccc4c(c3)oc3ccccc34)c3ccc4c(c3)oc3c(-n5c6ccccc6c6ccccc65)cccc34)ccc12. The molecule has 0 atom stereocenters. The van der Waals surface area contributed by atoms with Crippen molar-refractivity contribution in [3.8, 4) is 5.69 Å². The summed E-state index contributed by atoms with van der Waals surface area (Å²) in [5.74, 6) is 0. The Kier molecular flexibility index (Phi) is 5.71. The number of aromatic nitrogens is 1. The van der Waals surface area contributed by atoms with Gasteiger partial charge in [0.25, 0.3) is 0 Å². The van der Waals surface area contributed by atoms with E-state index in [1.165, 1.54) is 10.8 Å². The lowest BCUT2D eigenvalue weighted by Gasteiger charge is -2.25. The minimum absolute atomic E-state index is 0.811. The summed E-state index contributed by atoms with van der Waals surface area (Å²) in [5.41, 5.74) is 11.3. The molecule has 0 bridgehead atoms. The van der Waals surface area contributed by atoms with Crippen molar-refractivity contribution >= 4 is 105 Å². The lowest BCUT2D eigenvalue weighted by molar-refractivity contribution is 0.666. The van der Waals surface area contributed by atoms with Crippen LogP contribution in [0.25, 0.3) is 93.3 Å². The Balaban J connectivity index is 1.08. The predicted octanol–water partition coefficient (Wildman–Crippen LogP) is 14.0. The molecule has 0 saturated heterocycles. The third-order valence-corrected chi connectivity index (χ3v) is 10.8. The van der Waals surface area contributed by atoms with Crippen molar-refractivity contribution in [3.05, 3.63) is 170 Å². The summed E-state index contributed by atoms with van der Waals surface area (Å²) >= 11 is 0. The molecule has 0 aliphatic carbocycles. The van der Waals surface area contributed by atoms with Gasteiger partial charge < -0.3 is 22.7 Å². The molecule has 0 N–H and O–H groups in total. The molecule has 0 aliphatic heterocycles. The fourth-order valence-corrected chi connectivity index (χ4v) is 8.42. The first kappa shape index (κ1) is 28.5. The molecular formula is C48H28N2O3. The number of anilines is 3. The standard InChI is InChI=1S/C48H28N2O3/c1-5-15-40-32(10-1)33-11-2-6-16-41(33)50(40)42-17-9-14-39-38-25-22-31(28-47(38)53-48(39)42)49(29-20-23-36-34-12-3-7-18-43(34)51-45(36)26-29)30-21-24-37-35-13-4-8-19-44(35)52-46(37)27-30/h1-28H. The molecule has 0 spiro atoms. The Bertz CT molecular complexity index is 3260. The molecule has 4 heterocycles. The molecule has 0 saturated carbocycles. The van der Waals surface area contributed by atoms with E-state index < -0.39 is 0 Å². The number of benzene rings is 8. The molecule has 12 rings (SSSR count). The normalized spacial score (nSPS) is 12.2. The summed E-state index contributed by atoms with van der Waals surface area (Å²) in [5, 5.41) is 8.95. The van der Waals surface area contributed by atoms with E-state index in [0.717, 1.165) is 99.6 Å². The summed E-state index contributed by atoms with van der Waals surface area (Å²) in [6.07, 6.45) is 0. The topological polar surface area (TPSA) is 47.6 Å². The summed E-state index contributed by atoms with van der Waals surface area (Å²) < 4.78 is 22.0. The smallest absolute Gasteiger partial charge is 0.159 e. The van der Waals surface area contributed by atoms with Gasteiger partial charge in [0.2, 0.25) is 0 Å². The summed E-state index contributed by atoms with van der Waals surface area (Å²) in [6, 6.07) is 59.4. The molecule has 53 heavy (non-hydrogen) atoms. The van der Waals surface area contributed by atoms with Gasteiger partial charge in [-0.25, -0.2) is 0 Å². The highest BCUT2D eigenvalue weighted by Crippen LogP contribution is 2.44. The highest BCUT2D eigenvalue weighted by Gasteiger charge is 2.21. The van der Waals surface area contributed by atoms with E-state index in [1.807, 2.05) is 24.3 Å². The lowest BCUT2D eigenvalue weighted by atomic mass is 10.1. The highest BCUT2D eigenvalue weighted by molar-refractivity contribution is 6.13. The van der Waals surface area contributed by atoms with Gasteiger partial charge in [-0.3, -0.25) is 0 Å². The van der Waals surface area contributed by atoms with E-state index in [-0.39, 0.29) is 0 Å². The van der Waals surface area contributed by atoms with Crippen LogP contribution in [0.5, 0.6) is 0 Å². The summed E-state index contributed by atoms with van der Waals surface area (Å²) in [7, 11) is 0. The number of para-hydroxylation sites is 5. The average Bonchev–Trinajstić information content (AvgIpc) is 3.96. The Morgan fingerprint density at radius 1 is 0.321 bits per heavy atom. The molecule has 5 nitrogen and oxygen atoms in total. The Morgan fingerprint density at radius 2 is 0.736 bits per heavy atom. The zero-order chi connectivity index (χ0) is 34.6. The van der Waals surface area contributed by atoms with Gasteiger partial charge in [-0.1, -0.05) is 84.9 Å². The van der Waals surface area contributed by atoms with Crippen LogP contribution < -0.4 is 4.90 Å². The quantitative estimate of drug-likeness (QED) is 0.186. The minimum Gasteiger partial charge on any atom is -0.456 e. The Morgan fingerprint density at radius 3 is 1.28 bits per heavy atom. The molecular weight excluding hydrogens is 653 g/mol. The average molecular weight is 681 g/mol. The van der Waals surface area contributed by atoms with Crippen LogP contribution in [0, 0.1) is 0 Å². The van der Waals surface area contributed by atoms with Gasteiger partial charge in [0.1, 0.15) is 27.9 Å². The van der Waals surface area contributed by atoms with Crippen LogP contribution in [-0.4, -0.2) is 4.57 Å². The predicted molar refractivity (Wildman–Crippen MR) is 217 cm³/mol. The van der Waals surface area contributed by atoms with Crippen LogP contribution >= 0.6 is 0 Å². The zero-order valence-corrected chi connectivity index (χ0v) is 28.3. The molecule has 0 radical (unpaired) electrons. The number of fused-ring (bicyclic) bond motifs is 12. The monoisotopic (exact) mass is 680 g/mol. The van der Waals surface area contributed by atoms with Gasteiger partial charge in [-0.15, -0.1) is 0 Å². The first-order valence-electron chi connectivity index (χ1n) is 17.8. The largest absolute Gasteiger partial charge is 0.456 e. The molecule has 248 valence electrons. The van der Waals surface area contributed by atoms with Crippen molar-refractivity contribution in [2.45, 2.75) is 0 Å². The van der Waals surface area contributed by atoms with Crippen LogP contribution in [0.15, 0.2) is 183 Å². The second-order valence-corrected chi connectivity index (χ2v) is 13.7. The maximum Gasteiger partial charge on any atom is 0.159 e. The maximum atomic E-state index is 6.90. The summed E-state index contributed by atoms with van der Waals surface area (Å²) in [4.78, 5) is 2.25. The number of hydrogen-bond donors (Lipinski definition) is 0. The third kappa shape index (κ3) is 4.07. The van der Waals surface area contributed by atoms with E-state index in [2.05, 4.69) is 155 Å². The second kappa shape index (κ2) is 10.6. The van der Waals surface area contributed by atoms with Crippen molar-refractivity contribution in [2.75, 3.05) is 4.90 Å². The number of rotatable bonds is 4. The van der Waals surface area contributed by atoms with Crippen LogP contribution in [0.1, 0.15) is 0 Å². The Labute approximate surface area is 302 Å². The minimum atomic E-state index is 0.811. The Hall–Kier alpha value is -7.24. The number of furan rings is 3. The van der Waals surface area contributed by atoms with Crippen molar-refractivity contribution in [2.24, 2.45) is 0 Å². The van der Waals surface area contributed by atoms with Crippen LogP contribution in [0.2, 0.25) is 0 Å². The maximum absolute atomic E-state index is 6.90. The fourth-order valence-electron chi connectivity index (χ4n) is 8.42. The van der Waals surface area contributed by atoms with E-state index >= 15 is 0 Å². The third-order valence-electron chi connectivity index (χ3n) is 10.8. The van der Waals surface area contributed by atoms with Crippen molar-refractivity contribution < 1.29 is 13.3 Å². The van der Waals surface area contributed by atoms with Gasteiger partial charge in [-0.2, -0.15) is 0 Å². The first-order chi connectivity index (χ1) is 26.3. The van der Waals surface area contributed by atoms with Crippen LogP contribution in [0.4, 0.5) is 17.1 Å². The second-order valence-electron chi connectivity index (χ2n) is 13.7. The molecule has 4 aromatic heterocycles. The van der Waals surface area contributed by atoms with Gasteiger partial charge in [0.15, 0.2) is 5.58 Å². The van der Waals surface area contributed by atoms with Crippen LogP contribution in [-0.2, 0) is 0 Å². The highest BCUT2D eigenvalue weighted by atomic mass is 16.3. The van der Waals surface area contributed by atoms with Gasteiger partial charge in [0.05, 0.1) is 16.7 Å². The van der Waals surface area contributed by atoms with E-state index in [4.69, 9.17) is 13.3 Å². The zero-order valence-electron chi connectivity index (χ0n) is 28.3.